The molecule has 9 heteroatoms. The van der Waals surface area contributed by atoms with Gasteiger partial charge in [0.25, 0.3) is 15.9 Å². The molecule has 0 bridgehead atoms. The minimum absolute atomic E-state index is 0.102. The second kappa shape index (κ2) is 7.58. The highest BCUT2D eigenvalue weighted by molar-refractivity contribution is 7.92. The van der Waals surface area contributed by atoms with E-state index in [1.165, 1.54) is 12.1 Å². The summed E-state index contributed by atoms with van der Waals surface area (Å²) >= 11 is 0. The predicted octanol–water partition coefficient (Wildman–Crippen LogP) is 2.29. The molecule has 0 unspecified atom stereocenters. The van der Waals surface area contributed by atoms with Crippen LogP contribution in [0.25, 0.3) is 0 Å². The van der Waals surface area contributed by atoms with Crippen molar-refractivity contribution in [2.24, 2.45) is 7.05 Å². The van der Waals surface area contributed by atoms with E-state index >= 15 is 0 Å². The van der Waals surface area contributed by atoms with Gasteiger partial charge in [-0.15, -0.1) is 0 Å². The van der Waals surface area contributed by atoms with Crippen molar-refractivity contribution in [3.8, 4) is 0 Å². The van der Waals surface area contributed by atoms with Gasteiger partial charge in [-0.25, -0.2) is 12.8 Å². The van der Waals surface area contributed by atoms with Gasteiger partial charge in [0, 0.05) is 25.4 Å². The van der Waals surface area contributed by atoms with Crippen molar-refractivity contribution in [3.63, 3.8) is 0 Å². The smallest absolute Gasteiger partial charge is 0.261 e. The average Bonchev–Trinajstić information content (AvgIpc) is 3.05. The van der Waals surface area contributed by atoms with Crippen molar-refractivity contribution in [1.82, 2.24) is 15.1 Å². The van der Waals surface area contributed by atoms with E-state index in [0.29, 0.717) is 0 Å². The molecule has 140 valence electrons. The molecule has 0 spiro atoms. The maximum atomic E-state index is 13.0. The van der Waals surface area contributed by atoms with E-state index in [-0.39, 0.29) is 22.7 Å². The van der Waals surface area contributed by atoms with Gasteiger partial charge >= 0.3 is 0 Å². The third kappa shape index (κ3) is 4.50. The number of carbonyl (C=O) groups excluding carboxylic acids is 1. The first-order valence-corrected chi connectivity index (χ1v) is 9.46. The lowest BCUT2D eigenvalue weighted by atomic mass is 10.1. The van der Waals surface area contributed by atoms with E-state index in [1.54, 1.807) is 36.3 Å². The van der Waals surface area contributed by atoms with E-state index in [4.69, 9.17) is 0 Å². The number of halogens is 1. The normalized spacial score (nSPS) is 11.2. The SMILES string of the molecule is Cn1cc(CNC(=O)c2ccccc2NS(=O)(=O)c2ccc(F)cc2)cn1. The molecular formula is C18H17FN4O3S. The van der Waals surface area contributed by atoms with Gasteiger partial charge in [-0.3, -0.25) is 14.2 Å². The molecule has 3 aromatic rings. The first kappa shape index (κ1) is 18.6. The third-order valence-corrected chi connectivity index (χ3v) is 5.13. The maximum absolute atomic E-state index is 13.0. The van der Waals surface area contributed by atoms with Gasteiger partial charge in [-0.2, -0.15) is 5.10 Å². The monoisotopic (exact) mass is 388 g/mol. The van der Waals surface area contributed by atoms with Gasteiger partial charge in [0.1, 0.15) is 5.82 Å². The largest absolute Gasteiger partial charge is 0.348 e. The summed E-state index contributed by atoms with van der Waals surface area (Å²) in [5, 5.41) is 6.75. The molecule has 0 aliphatic heterocycles. The van der Waals surface area contributed by atoms with Crippen molar-refractivity contribution in [3.05, 3.63) is 77.9 Å². The van der Waals surface area contributed by atoms with Crippen molar-refractivity contribution < 1.29 is 17.6 Å². The molecule has 0 radical (unpaired) electrons. The van der Waals surface area contributed by atoms with Gasteiger partial charge in [0.2, 0.25) is 0 Å². The Morgan fingerprint density at radius 3 is 2.52 bits per heavy atom. The molecule has 1 aromatic heterocycles. The molecular weight excluding hydrogens is 371 g/mol. The topological polar surface area (TPSA) is 93.1 Å². The van der Waals surface area contributed by atoms with Gasteiger partial charge in [-0.1, -0.05) is 12.1 Å². The van der Waals surface area contributed by atoms with Crippen LogP contribution in [-0.4, -0.2) is 24.1 Å². The first-order valence-electron chi connectivity index (χ1n) is 7.98. The average molecular weight is 388 g/mol. The molecule has 0 fully saturated rings. The summed E-state index contributed by atoms with van der Waals surface area (Å²) in [6, 6.07) is 10.7. The highest BCUT2D eigenvalue weighted by Crippen LogP contribution is 2.20. The van der Waals surface area contributed by atoms with Crippen LogP contribution in [0.5, 0.6) is 0 Å². The number of amides is 1. The first-order chi connectivity index (χ1) is 12.8. The van der Waals surface area contributed by atoms with Crippen LogP contribution in [0.4, 0.5) is 10.1 Å². The summed E-state index contributed by atoms with van der Waals surface area (Å²) in [6.07, 6.45) is 3.40. The number of nitrogens with zero attached hydrogens (tertiary/aromatic N) is 2. The lowest BCUT2D eigenvalue weighted by Crippen LogP contribution is -2.24. The highest BCUT2D eigenvalue weighted by Gasteiger charge is 2.18. The van der Waals surface area contributed by atoms with Crippen molar-refractivity contribution in [2.45, 2.75) is 11.4 Å². The fraction of sp³-hybridized carbons (Fsp3) is 0.111. The molecule has 0 aliphatic rings. The molecule has 1 heterocycles. The Labute approximate surface area is 155 Å². The molecule has 2 N–H and O–H groups in total. The van der Waals surface area contributed by atoms with E-state index < -0.39 is 21.7 Å². The van der Waals surface area contributed by atoms with Crippen LogP contribution in [0.2, 0.25) is 0 Å². The molecule has 1 amide bonds. The number of benzene rings is 2. The molecule has 2 aromatic carbocycles. The number of rotatable bonds is 6. The quantitative estimate of drug-likeness (QED) is 0.678. The third-order valence-electron chi connectivity index (χ3n) is 3.75. The molecule has 0 atom stereocenters. The Morgan fingerprint density at radius 1 is 1.15 bits per heavy atom. The fourth-order valence-corrected chi connectivity index (χ4v) is 3.51. The summed E-state index contributed by atoms with van der Waals surface area (Å²) in [6.45, 7) is 0.256. The summed E-state index contributed by atoms with van der Waals surface area (Å²) in [7, 11) is -2.19. The van der Waals surface area contributed by atoms with Crippen molar-refractivity contribution in [1.29, 1.82) is 0 Å². The number of nitrogens with one attached hydrogen (secondary N) is 2. The predicted molar refractivity (Wildman–Crippen MR) is 98.0 cm³/mol. The lowest BCUT2D eigenvalue weighted by Gasteiger charge is -2.12. The van der Waals surface area contributed by atoms with E-state index in [9.17, 15) is 17.6 Å². The van der Waals surface area contributed by atoms with Crippen LogP contribution in [0.3, 0.4) is 0 Å². The van der Waals surface area contributed by atoms with Gasteiger partial charge in [-0.05, 0) is 36.4 Å². The molecule has 7 nitrogen and oxygen atoms in total. The summed E-state index contributed by atoms with van der Waals surface area (Å²) in [5.74, 6) is -0.972. The van der Waals surface area contributed by atoms with Crippen LogP contribution < -0.4 is 10.0 Å². The van der Waals surface area contributed by atoms with Crippen LogP contribution in [0.1, 0.15) is 15.9 Å². The second-order valence-corrected chi connectivity index (χ2v) is 7.49. The lowest BCUT2D eigenvalue weighted by molar-refractivity contribution is 0.0952. The minimum Gasteiger partial charge on any atom is -0.348 e. The molecule has 27 heavy (non-hydrogen) atoms. The summed E-state index contributed by atoms with van der Waals surface area (Å²) in [4.78, 5) is 12.4. The van der Waals surface area contributed by atoms with Gasteiger partial charge < -0.3 is 5.32 Å². The van der Waals surface area contributed by atoms with Crippen molar-refractivity contribution in [2.75, 3.05) is 4.72 Å². The highest BCUT2D eigenvalue weighted by atomic mass is 32.2. The Hall–Kier alpha value is -3.20. The van der Waals surface area contributed by atoms with E-state index in [0.717, 1.165) is 29.8 Å². The summed E-state index contributed by atoms with van der Waals surface area (Å²) < 4.78 is 42.0. The molecule has 0 saturated carbocycles. The minimum atomic E-state index is -3.96. The molecule has 0 aliphatic carbocycles. The van der Waals surface area contributed by atoms with Crippen LogP contribution in [0, 0.1) is 5.82 Å². The number of aryl methyl sites for hydroxylation is 1. The number of anilines is 1. The number of carbonyl (C=O) groups is 1. The Bertz CT molecular complexity index is 1060. The zero-order chi connectivity index (χ0) is 19.4. The van der Waals surface area contributed by atoms with E-state index in [1.807, 2.05) is 0 Å². The standard InChI is InChI=1S/C18H17FN4O3S/c1-23-12-13(11-21-23)10-20-18(24)16-4-2-3-5-17(16)22-27(25,26)15-8-6-14(19)7-9-15/h2-9,11-12,22H,10H2,1H3,(H,20,24). The van der Waals surface area contributed by atoms with Crippen molar-refractivity contribution >= 4 is 21.6 Å². The summed E-state index contributed by atoms with van der Waals surface area (Å²) in [5.41, 5.74) is 1.12. The Balaban J connectivity index is 1.78. The van der Waals surface area contributed by atoms with Gasteiger partial charge in [0.15, 0.2) is 0 Å². The molecule has 3 rings (SSSR count). The number of hydrogen-bond donors (Lipinski definition) is 2. The number of sulfonamides is 1. The fourth-order valence-electron chi connectivity index (χ4n) is 2.43. The van der Waals surface area contributed by atoms with Crippen LogP contribution >= 0.6 is 0 Å². The number of hydrogen-bond acceptors (Lipinski definition) is 4. The zero-order valence-electron chi connectivity index (χ0n) is 14.4. The zero-order valence-corrected chi connectivity index (χ0v) is 15.2. The second-order valence-electron chi connectivity index (χ2n) is 5.81. The Kier molecular flexibility index (Phi) is 5.22. The number of para-hydroxylation sites is 1. The van der Waals surface area contributed by atoms with Gasteiger partial charge in [0.05, 0.1) is 22.3 Å². The molecule has 0 saturated heterocycles. The number of aromatic nitrogens is 2. The van der Waals surface area contributed by atoms with Crippen LogP contribution in [0.15, 0.2) is 65.8 Å². The maximum Gasteiger partial charge on any atom is 0.261 e. The van der Waals surface area contributed by atoms with E-state index in [2.05, 4.69) is 15.1 Å². The Morgan fingerprint density at radius 2 is 1.85 bits per heavy atom. The van der Waals surface area contributed by atoms with Crippen LogP contribution in [-0.2, 0) is 23.6 Å².